The summed E-state index contributed by atoms with van der Waals surface area (Å²) in [5, 5.41) is 8.55. The monoisotopic (exact) mass is 201 g/mol. The minimum absolute atomic E-state index is 0.0663. The number of carbonyl (C=O) groups is 2. The molecule has 0 aromatic heterocycles. The number of hydrogen-bond donors (Lipinski definition) is 1. The maximum absolute atomic E-state index is 11.2. The third kappa shape index (κ3) is 2.37. The Kier molecular flexibility index (Phi) is 2.98. The van der Waals surface area contributed by atoms with Gasteiger partial charge in [0.15, 0.2) is 0 Å². The van der Waals surface area contributed by atoms with Crippen LogP contribution in [0.15, 0.2) is 0 Å². The lowest BCUT2D eigenvalue weighted by atomic mass is 9.96. The van der Waals surface area contributed by atoms with E-state index in [1.807, 2.05) is 13.8 Å². The number of cyclic esters (lactones) is 1. The molecule has 0 unspecified atom stereocenters. The van der Waals surface area contributed by atoms with Crippen molar-refractivity contribution >= 4 is 12.1 Å². The number of carboxylic acids is 1. The van der Waals surface area contributed by atoms with Crippen molar-refractivity contribution in [3.05, 3.63) is 0 Å². The van der Waals surface area contributed by atoms with Gasteiger partial charge in [-0.05, 0) is 20.3 Å². The fourth-order valence-corrected chi connectivity index (χ4v) is 1.49. The molecule has 1 saturated heterocycles. The van der Waals surface area contributed by atoms with E-state index in [-0.39, 0.29) is 12.5 Å². The summed E-state index contributed by atoms with van der Waals surface area (Å²) in [5.41, 5.74) is -0.439. The lowest BCUT2D eigenvalue weighted by molar-refractivity contribution is -0.137. The molecule has 1 fully saturated rings. The standard InChI is InChI=1S/C9H15NO4/c1-9(2,4-3-7(11)12)10-5-6-14-8(10)13/h3-6H2,1-2H3,(H,11,12). The minimum Gasteiger partial charge on any atom is -0.481 e. The highest BCUT2D eigenvalue weighted by atomic mass is 16.6. The Balaban J connectivity index is 2.54. The zero-order chi connectivity index (χ0) is 10.8. The molecule has 0 spiro atoms. The van der Waals surface area contributed by atoms with Gasteiger partial charge in [-0.15, -0.1) is 0 Å². The average molecular weight is 201 g/mol. The first-order valence-corrected chi connectivity index (χ1v) is 4.60. The van der Waals surface area contributed by atoms with Gasteiger partial charge in [0.05, 0.1) is 6.54 Å². The van der Waals surface area contributed by atoms with Gasteiger partial charge >= 0.3 is 12.1 Å². The molecule has 80 valence electrons. The van der Waals surface area contributed by atoms with Crippen LogP contribution in [0.3, 0.4) is 0 Å². The Hall–Kier alpha value is -1.26. The highest BCUT2D eigenvalue weighted by molar-refractivity contribution is 5.71. The van der Waals surface area contributed by atoms with Crippen molar-refractivity contribution in [3.63, 3.8) is 0 Å². The number of rotatable bonds is 4. The average Bonchev–Trinajstić information content (AvgIpc) is 2.48. The summed E-state index contributed by atoms with van der Waals surface area (Å²) in [5.74, 6) is -0.842. The fraction of sp³-hybridized carbons (Fsp3) is 0.778. The van der Waals surface area contributed by atoms with Crippen molar-refractivity contribution in [2.24, 2.45) is 0 Å². The van der Waals surface area contributed by atoms with Crippen LogP contribution >= 0.6 is 0 Å². The lowest BCUT2D eigenvalue weighted by Gasteiger charge is -2.32. The van der Waals surface area contributed by atoms with Crippen LogP contribution in [0.5, 0.6) is 0 Å². The van der Waals surface area contributed by atoms with Crippen molar-refractivity contribution in [1.29, 1.82) is 0 Å². The molecule has 0 atom stereocenters. The number of hydrogen-bond acceptors (Lipinski definition) is 3. The summed E-state index contributed by atoms with van der Waals surface area (Å²) >= 11 is 0. The van der Waals surface area contributed by atoms with E-state index in [0.29, 0.717) is 19.6 Å². The van der Waals surface area contributed by atoms with E-state index < -0.39 is 11.5 Å². The normalized spacial score (nSPS) is 17.0. The molecule has 0 aromatic carbocycles. The minimum atomic E-state index is -0.842. The topological polar surface area (TPSA) is 66.8 Å². The smallest absolute Gasteiger partial charge is 0.410 e. The fourth-order valence-electron chi connectivity index (χ4n) is 1.49. The van der Waals surface area contributed by atoms with Gasteiger partial charge in [-0.3, -0.25) is 9.69 Å². The first-order valence-electron chi connectivity index (χ1n) is 4.60. The van der Waals surface area contributed by atoms with Gasteiger partial charge in [-0.1, -0.05) is 0 Å². The van der Waals surface area contributed by atoms with Gasteiger partial charge in [-0.2, -0.15) is 0 Å². The van der Waals surface area contributed by atoms with Gasteiger partial charge in [0, 0.05) is 12.0 Å². The van der Waals surface area contributed by atoms with Crippen LogP contribution in [0.25, 0.3) is 0 Å². The molecule has 0 aliphatic carbocycles. The molecule has 1 rings (SSSR count). The zero-order valence-corrected chi connectivity index (χ0v) is 8.45. The summed E-state index contributed by atoms with van der Waals surface area (Å²) in [6, 6.07) is 0. The zero-order valence-electron chi connectivity index (χ0n) is 8.45. The molecule has 0 aromatic rings. The van der Waals surface area contributed by atoms with Crippen LogP contribution in [-0.2, 0) is 9.53 Å². The third-order valence-corrected chi connectivity index (χ3v) is 2.44. The van der Waals surface area contributed by atoms with Crippen molar-refractivity contribution in [3.8, 4) is 0 Å². The van der Waals surface area contributed by atoms with Crippen LogP contribution in [0.2, 0.25) is 0 Å². The molecule has 1 aliphatic heterocycles. The van der Waals surface area contributed by atoms with Crippen LogP contribution < -0.4 is 0 Å². The van der Waals surface area contributed by atoms with Gasteiger partial charge < -0.3 is 9.84 Å². The quantitative estimate of drug-likeness (QED) is 0.739. The van der Waals surface area contributed by atoms with Crippen molar-refractivity contribution < 1.29 is 19.4 Å². The second-order valence-electron chi connectivity index (χ2n) is 3.97. The number of aliphatic carboxylic acids is 1. The molecular weight excluding hydrogens is 186 g/mol. The van der Waals surface area contributed by atoms with E-state index >= 15 is 0 Å². The Morgan fingerprint density at radius 2 is 2.29 bits per heavy atom. The molecule has 14 heavy (non-hydrogen) atoms. The molecular formula is C9H15NO4. The first kappa shape index (κ1) is 10.8. The van der Waals surface area contributed by atoms with E-state index in [1.165, 1.54) is 0 Å². The van der Waals surface area contributed by atoms with Crippen molar-refractivity contribution in [2.75, 3.05) is 13.2 Å². The molecule has 1 amide bonds. The van der Waals surface area contributed by atoms with Crippen molar-refractivity contribution in [2.45, 2.75) is 32.2 Å². The largest absolute Gasteiger partial charge is 0.481 e. The molecule has 1 heterocycles. The molecule has 0 bridgehead atoms. The molecule has 1 N–H and O–H groups in total. The Bertz CT molecular complexity index is 249. The van der Waals surface area contributed by atoms with Gasteiger partial charge in [0.25, 0.3) is 0 Å². The van der Waals surface area contributed by atoms with Gasteiger partial charge in [0.2, 0.25) is 0 Å². The van der Waals surface area contributed by atoms with Gasteiger partial charge in [-0.25, -0.2) is 4.79 Å². The lowest BCUT2D eigenvalue weighted by Crippen LogP contribution is -2.44. The number of carbonyl (C=O) groups excluding carboxylic acids is 1. The Morgan fingerprint density at radius 3 is 2.71 bits per heavy atom. The third-order valence-electron chi connectivity index (χ3n) is 2.44. The predicted molar refractivity (Wildman–Crippen MR) is 49.0 cm³/mol. The molecule has 0 radical (unpaired) electrons. The van der Waals surface area contributed by atoms with Crippen LogP contribution in [0.4, 0.5) is 4.79 Å². The van der Waals surface area contributed by atoms with E-state index in [2.05, 4.69) is 0 Å². The number of amides is 1. The summed E-state index contributed by atoms with van der Waals surface area (Å²) in [6.45, 7) is 4.64. The number of ether oxygens (including phenoxy) is 1. The Morgan fingerprint density at radius 1 is 1.64 bits per heavy atom. The Labute approximate surface area is 82.6 Å². The van der Waals surface area contributed by atoms with E-state index in [1.54, 1.807) is 4.90 Å². The van der Waals surface area contributed by atoms with Crippen molar-refractivity contribution in [1.82, 2.24) is 4.90 Å². The second-order valence-corrected chi connectivity index (χ2v) is 3.97. The second kappa shape index (κ2) is 3.86. The molecule has 5 heteroatoms. The van der Waals surface area contributed by atoms with Crippen LogP contribution in [0.1, 0.15) is 26.7 Å². The van der Waals surface area contributed by atoms with E-state index in [0.717, 1.165) is 0 Å². The van der Waals surface area contributed by atoms with E-state index in [9.17, 15) is 9.59 Å². The maximum atomic E-state index is 11.2. The molecule has 0 saturated carbocycles. The van der Waals surface area contributed by atoms with Crippen LogP contribution in [-0.4, -0.2) is 40.8 Å². The first-order chi connectivity index (χ1) is 6.43. The van der Waals surface area contributed by atoms with Crippen LogP contribution in [0, 0.1) is 0 Å². The van der Waals surface area contributed by atoms with Gasteiger partial charge in [0.1, 0.15) is 6.61 Å². The summed E-state index contributed by atoms with van der Waals surface area (Å²) in [6.07, 6.45) is 0.161. The summed E-state index contributed by atoms with van der Waals surface area (Å²) in [7, 11) is 0. The summed E-state index contributed by atoms with van der Waals surface area (Å²) < 4.78 is 4.80. The highest BCUT2D eigenvalue weighted by Crippen LogP contribution is 2.23. The number of nitrogens with zero attached hydrogens (tertiary/aromatic N) is 1. The maximum Gasteiger partial charge on any atom is 0.410 e. The predicted octanol–water partition coefficient (Wildman–Crippen LogP) is 1.08. The number of carboxylic acid groups (broad SMARTS) is 1. The summed E-state index contributed by atoms with van der Waals surface area (Å²) in [4.78, 5) is 23.2. The SMILES string of the molecule is CC(C)(CCC(=O)O)N1CCOC1=O. The van der Waals surface area contributed by atoms with E-state index in [4.69, 9.17) is 9.84 Å². The molecule has 1 aliphatic rings. The highest BCUT2D eigenvalue weighted by Gasteiger charge is 2.35. The molecule has 5 nitrogen and oxygen atoms in total.